The molecule has 1 amide bonds. The van der Waals surface area contributed by atoms with Gasteiger partial charge in [0, 0.05) is 5.69 Å². The lowest BCUT2D eigenvalue weighted by atomic mass is 9.98. The maximum Gasteiger partial charge on any atom is 0.307 e. The van der Waals surface area contributed by atoms with E-state index in [0.29, 0.717) is 16.5 Å². The highest BCUT2D eigenvalue weighted by atomic mass is 35.5. The van der Waals surface area contributed by atoms with E-state index in [1.54, 1.807) is 18.2 Å². The van der Waals surface area contributed by atoms with Crippen LogP contribution >= 0.6 is 11.6 Å². The molecule has 0 radical (unpaired) electrons. The van der Waals surface area contributed by atoms with Gasteiger partial charge in [-0.15, -0.1) is 0 Å². The molecule has 0 aliphatic carbocycles. The van der Waals surface area contributed by atoms with Crippen LogP contribution in [0.4, 0.5) is 5.69 Å². The first kappa shape index (κ1) is 19.8. The van der Waals surface area contributed by atoms with E-state index in [1.165, 1.54) is 14.0 Å². The van der Waals surface area contributed by atoms with Crippen LogP contribution in [0.3, 0.4) is 0 Å². The number of esters is 1. The molecule has 5 nitrogen and oxygen atoms in total. The van der Waals surface area contributed by atoms with Crippen LogP contribution in [-0.2, 0) is 14.3 Å². The smallest absolute Gasteiger partial charge is 0.307 e. The molecular formula is C20H22ClNO4. The number of carbonyl (C=O) groups excluding carboxylic acids is 2. The van der Waals surface area contributed by atoms with Crippen LogP contribution in [0.5, 0.6) is 5.75 Å². The second-order valence-corrected chi connectivity index (χ2v) is 6.39. The zero-order valence-electron chi connectivity index (χ0n) is 15.0. The van der Waals surface area contributed by atoms with Crippen molar-refractivity contribution in [3.63, 3.8) is 0 Å². The highest BCUT2D eigenvalue weighted by Crippen LogP contribution is 2.27. The van der Waals surface area contributed by atoms with Crippen molar-refractivity contribution in [2.45, 2.75) is 32.3 Å². The number of methoxy groups -OCH3 is 1. The van der Waals surface area contributed by atoms with Crippen molar-refractivity contribution in [3.05, 3.63) is 59.1 Å². The summed E-state index contributed by atoms with van der Waals surface area (Å²) in [4.78, 5) is 24.3. The van der Waals surface area contributed by atoms with Crippen molar-refractivity contribution in [3.8, 4) is 5.75 Å². The summed E-state index contributed by atoms with van der Waals surface area (Å²) in [6, 6.07) is 14.6. The summed E-state index contributed by atoms with van der Waals surface area (Å²) in [5.74, 6) is -0.317. The van der Waals surface area contributed by atoms with E-state index >= 15 is 0 Å². The third-order valence-corrected chi connectivity index (χ3v) is 4.23. The highest BCUT2D eigenvalue weighted by Gasteiger charge is 2.20. The van der Waals surface area contributed by atoms with Gasteiger partial charge in [-0.05, 0) is 36.6 Å². The number of carbonyl (C=O) groups is 2. The normalized spacial score (nSPS) is 12.8. The molecule has 0 saturated carbocycles. The van der Waals surface area contributed by atoms with Gasteiger partial charge in [0.15, 0.2) is 6.10 Å². The molecular weight excluding hydrogens is 354 g/mol. The summed E-state index contributed by atoms with van der Waals surface area (Å²) < 4.78 is 10.3. The number of ether oxygens (including phenoxy) is 2. The Labute approximate surface area is 158 Å². The van der Waals surface area contributed by atoms with E-state index in [9.17, 15) is 9.59 Å². The van der Waals surface area contributed by atoms with Gasteiger partial charge in [-0.1, -0.05) is 48.9 Å². The number of rotatable bonds is 7. The Kier molecular flexibility index (Phi) is 7.04. The summed E-state index contributed by atoms with van der Waals surface area (Å²) in [7, 11) is 1.51. The molecule has 0 aromatic heterocycles. The minimum Gasteiger partial charge on any atom is -0.495 e. The Bertz CT molecular complexity index is 764. The Hall–Kier alpha value is -2.53. The molecule has 0 fully saturated rings. The number of benzene rings is 2. The first-order chi connectivity index (χ1) is 12.4. The summed E-state index contributed by atoms with van der Waals surface area (Å²) in [6.07, 6.45) is -0.706. The van der Waals surface area contributed by atoms with Crippen LogP contribution < -0.4 is 10.1 Å². The van der Waals surface area contributed by atoms with Gasteiger partial charge in [0.2, 0.25) is 0 Å². The Morgan fingerprint density at radius 2 is 1.81 bits per heavy atom. The largest absolute Gasteiger partial charge is 0.495 e. The second kappa shape index (κ2) is 9.25. The van der Waals surface area contributed by atoms with E-state index < -0.39 is 18.0 Å². The van der Waals surface area contributed by atoms with Crippen LogP contribution in [0, 0.1) is 0 Å². The quantitative estimate of drug-likeness (QED) is 0.728. The van der Waals surface area contributed by atoms with E-state index in [2.05, 4.69) is 5.32 Å². The van der Waals surface area contributed by atoms with Gasteiger partial charge in [0.05, 0.1) is 18.6 Å². The minimum absolute atomic E-state index is 0.0133. The molecule has 2 aromatic rings. The molecule has 2 aromatic carbocycles. The Morgan fingerprint density at radius 1 is 1.12 bits per heavy atom. The number of nitrogens with one attached hydrogen (secondary N) is 1. The van der Waals surface area contributed by atoms with Crippen LogP contribution in [0.25, 0.3) is 0 Å². The summed E-state index contributed by atoms with van der Waals surface area (Å²) in [5, 5.41) is 3.05. The lowest BCUT2D eigenvalue weighted by molar-refractivity contribution is -0.153. The average molecular weight is 376 g/mol. The van der Waals surface area contributed by atoms with E-state index in [-0.39, 0.29) is 12.3 Å². The first-order valence-corrected chi connectivity index (χ1v) is 8.67. The number of hydrogen-bond donors (Lipinski definition) is 1. The molecule has 0 aliphatic rings. The summed E-state index contributed by atoms with van der Waals surface area (Å²) in [5.41, 5.74) is 1.55. The molecule has 0 aliphatic heterocycles. The third-order valence-electron chi connectivity index (χ3n) is 3.94. The van der Waals surface area contributed by atoms with Gasteiger partial charge in [0.1, 0.15) is 5.75 Å². The molecule has 2 atom stereocenters. The second-order valence-electron chi connectivity index (χ2n) is 5.99. The molecule has 0 heterocycles. The minimum atomic E-state index is -0.911. The third kappa shape index (κ3) is 5.49. The zero-order valence-corrected chi connectivity index (χ0v) is 15.7. The SMILES string of the molecule is COc1ccc(NC(=O)[C@@H](C)OC(=O)C[C@H](C)c2ccccc2)cc1Cl. The molecule has 0 saturated heterocycles. The van der Waals surface area contributed by atoms with Crippen molar-refractivity contribution in [1.29, 1.82) is 0 Å². The fraction of sp³-hybridized carbons (Fsp3) is 0.300. The maximum atomic E-state index is 12.2. The first-order valence-electron chi connectivity index (χ1n) is 8.29. The van der Waals surface area contributed by atoms with Gasteiger partial charge >= 0.3 is 5.97 Å². The molecule has 0 unspecified atom stereocenters. The predicted octanol–water partition coefficient (Wildman–Crippen LogP) is 4.41. The monoisotopic (exact) mass is 375 g/mol. The molecule has 0 spiro atoms. The van der Waals surface area contributed by atoms with Gasteiger partial charge in [-0.25, -0.2) is 0 Å². The molecule has 138 valence electrons. The highest BCUT2D eigenvalue weighted by molar-refractivity contribution is 6.32. The topological polar surface area (TPSA) is 64.6 Å². The van der Waals surface area contributed by atoms with Crippen LogP contribution in [0.15, 0.2) is 48.5 Å². The lowest BCUT2D eigenvalue weighted by Crippen LogP contribution is -2.30. The fourth-order valence-corrected chi connectivity index (χ4v) is 2.69. The van der Waals surface area contributed by atoms with E-state index in [4.69, 9.17) is 21.1 Å². The van der Waals surface area contributed by atoms with E-state index in [1.807, 2.05) is 37.3 Å². The molecule has 0 bridgehead atoms. The molecule has 26 heavy (non-hydrogen) atoms. The van der Waals surface area contributed by atoms with Crippen molar-refractivity contribution in [2.75, 3.05) is 12.4 Å². The van der Waals surface area contributed by atoms with Crippen molar-refractivity contribution >= 4 is 29.2 Å². The van der Waals surface area contributed by atoms with Crippen LogP contribution in [0.2, 0.25) is 5.02 Å². The number of hydrogen-bond acceptors (Lipinski definition) is 4. The Morgan fingerprint density at radius 3 is 2.42 bits per heavy atom. The van der Waals surface area contributed by atoms with Gasteiger partial charge in [0.25, 0.3) is 5.91 Å². The summed E-state index contributed by atoms with van der Waals surface area (Å²) in [6.45, 7) is 3.48. The van der Waals surface area contributed by atoms with Gasteiger partial charge in [-0.3, -0.25) is 9.59 Å². The van der Waals surface area contributed by atoms with E-state index in [0.717, 1.165) is 5.56 Å². The fourth-order valence-electron chi connectivity index (χ4n) is 2.44. The average Bonchev–Trinajstić information content (AvgIpc) is 2.62. The predicted molar refractivity (Wildman–Crippen MR) is 102 cm³/mol. The number of anilines is 1. The zero-order chi connectivity index (χ0) is 19.1. The van der Waals surface area contributed by atoms with Gasteiger partial charge < -0.3 is 14.8 Å². The summed E-state index contributed by atoms with van der Waals surface area (Å²) >= 11 is 6.03. The lowest BCUT2D eigenvalue weighted by Gasteiger charge is -2.16. The maximum absolute atomic E-state index is 12.2. The molecule has 2 rings (SSSR count). The van der Waals surface area contributed by atoms with Crippen LogP contribution in [0.1, 0.15) is 31.7 Å². The molecule has 1 N–H and O–H groups in total. The van der Waals surface area contributed by atoms with Crippen molar-refractivity contribution in [2.24, 2.45) is 0 Å². The standard InChI is InChI=1S/C20H22ClNO4/c1-13(15-7-5-4-6-8-15)11-19(23)26-14(2)20(24)22-16-9-10-18(25-3)17(21)12-16/h4-10,12-14H,11H2,1-3H3,(H,22,24)/t13-,14+/m0/s1. The molecule has 6 heteroatoms. The Balaban J connectivity index is 1.88. The number of halogens is 1. The van der Waals surface area contributed by atoms with Gasteiger partial charge in [-0.2, -0.15) is 0 Å². The van der Waals surface area contributed by atoms with Crippen molar-refractivity contribution < 1.29 is 19.1 Å². The van der Waals surface area contributed by atoms with Crippen molar-refractivity contribution in [1.82, 2.24) is 0 Å². The number of amides is 1. The van der Waals surface area contributed by atoms with Crippen LogP contribution in [-0.4, -0.2) is 25.1 Å².